The number of hydrogen-bond acceptors (Lipinski definition) is 2. The Bertz CT molecular complexity index is 562. The zero-order valence-corrected chi connectivity index (χ0v) is 14.8. The summed E-state index contributed by atoms with van der Waals surface area (Å²) in [6, 6.07) is 11.5. The smallest absolute Gasteiger partial charge is 0.0386 e. The highest BCUT2D eigenvalue weighted by Gasteiger charge is 2.11. The lowest BCUT2D eigenvalue weighted by molar-refractivity contribution is 0.578. The van der Waals surface area contributed by atoms with Gasteiger partial charge in [0.25, 0.3) is 0 Å². The number of thiophene rings is 1. The first-order chi connectivity index (χ1) is 9.65. The molecule has 0 aliphatic rings. The Morgan fingerprint density at radius 3 is 2.70 bits per heavy atom. The van der Waals surface area contributed by atoms with Gasteiger partial charge in [0, 0.05) is 20.3 Å². The summed E-state index contributed by atoms with van der Waals surface area (Å²) in [5.41, 5.74) is 2.77. The summed E-state index contributed by atoms with van der Waals surface area (Å²) in [7, 11) is 0. The van der Waals surface area contributed by atoms with Gasteiger partial charge in [-0.05, 0) is 61.7 Å². The van der Waals surface area contributed by atoms with Gasteiger partial charge in [-0.25, -0.2) is 0 Å². The van der Waals surface area contributed by atoms with E-state index in [0.29, 0.717) is 6.04 Å². The molecule has 1 atom stereocenters. The molecule has 0 fully saturated rings. The van der Waals surface area contributed by atoms with Crippen molar-refractivity contribution < 1.29 is 0 Å². The number of rotatable bonds is 6. The molecule has 0 radical (unpaired) electrons. The van der Waals surface area contributed by atoms with E-state index in [1.165, 1.54) is 27.3 Å². The quantitative estimate of drug-likeness (QED) is 0.693. The molecule has 0 amide bonds. The Labute approximate surface area is 134 Å². The summed E-state index contributed by atoms with van der Waals surface area (Å²) in [6.07, 6.45) is 2.24. The molecular weight excluding hydrogens is 330 g/mol. The van der Waals surface area contributed by atoms with Crippen LogP contribution in [0.15, 0.2) is 34.8 Å². The number of hydrogen-bond donors (Lipinski definition) is 1. The summed E-state index contributed by atoms with van der Waals surface area (Å²) in [5.74, 6) is 0. The highest BCUT2D eigenvalue weighted by molar-refractivity contribution is 9.10. The Morgan fingerprint density at radius 2 is 2.00 bits per heavy atom. The lowest BCUT2D eigenvalue weighted by Crippen LogP contribution is -2.18. The highest BCUT2D eigenvalue weighted by Crippen LogP contribution is 2.34. The molecule has 1 aromatic heterocycles. The van der Waals surface area contributed by atoms with E-state index in [-0.39, 0.29) is 0 Å². The van der Waals surface area contributed by atoms with Crippen LogP contribution in [0.1, 0.15) is 43.7 Å². The van der Waals surface area contributed by atoms with Gasteiger partial charge in [-0.15, -0.1) is 11.3 Å². The van der Waals surface area contributed by atoms with Gasteiger partial charge in [-0.2, -0.15) is 0 Å². The van der Waals surface area contributed by atoms with Crippen molar-refractivity contribution in [3.8, 4) is 10.4 Å². The van der Waals surface area contributed by atoms with Crippen LogP contribution < -0.4 is 5.32 Å². The highest BCUT2D eigenvalue weighted by atomic mass is 79.9. The van der Waals surface area contributed by atoms with Crippen molar-refractivity contribution in [2.75, 3.05) is 6.54 Å². The Morgan fingerprint density at radius 1 is 1.20 bits per heavy atom. The molecule has 1 N–H and O–H groups in total. The van der Waals surface area contributed by atoms with Crippen molar-refractivity contribution in [2.45, 2.75) is 39.7 Å². The first kappa shape index (κ1) is 15.7. The van der Waals surface area contributed by atoms with Crippen LogP contribution in [0.3, 0.4) is 0 Å². The molecule has 1 heterocycles. The van der Waals surface area contributed by atoms with Crippen molar-refractivity contribution in [3.05, 3.63) is 45.2 Å². The maximum absolute atomic E-state index is 3.56. The zero-order valence-electron chi connectivity index (χ0n) is 12.4. The molecule has 0 bridgehead atoms. The van der Waals surface area contributed by atoms with Crippen molar-refractivity contribution in [1.29, 1.82) is 0 Å². The van der Waals surface area contributed by atoms with Crippen molar-refractivity contribution in [3.63, 3.8) is 0 Å². The second-order valence-electron chi connectivity index (χ2n) is 5.03. The number of halogens is 1. The summed E-state index contributed by atoms with van der Waals surface area (Å²) >= 11 is 5.46. The Hall–Kier alpha value is -0.640. The third kappa shape index (κ3) is 3.72. The van der Waals surface area contributed by atoms with Gasteiger partial charge in [-0.3, -0.25) is 0 Å². The molecule has 1 aromatic carbocycles. The predicted molar refractivity (Wildman–Crippen MR) is 93.5 cm³/mol. The standard InChI is InChI=1S/C17H22BrNS/c1-4-10-19-12(3)16-8-9-17(20-16)15-7-6-14(18)11-13(15)5-2/h6-9,11-12,19H,4-5,10H2,1-3H3. The number of benzene rings is 1. The normalized spacial score (nSPS) is 12.6. The molecule has 0 saturated heterocycles. The molecule has 20 heavy (non-hydrogen) atoms. The van der Waals surface area contributed by atoms with E-state index in [2.05, 4.69) is 72.3 Å². The van der Waals surface area contributed by atoms with E-state index < -0.39 is 0 Å². The Balaban J connectivity index is 2.24. The van der Waals surface area contributed by atoms with E-state index in [9.17, 15) is 0 Å². The molecular formula is C17H22BrNS. The summed E-state index contributed by atoms with van der Waals surface area (Å²) in [6.45, 7) is 7.74. The first-order valence-electron chi connectivity index (χ1n) is 7.27. The third-order valence-electron chi connectivity index (χ3n) is 3.47. The molecule has 108 valence electrons. The van der Waals surface area contributed by atoms with Crippen LogP contribution in [0.25, 0.3) is 10.4 Å². The van der Waals surface area contributed by atoms with E-state index in [1.807, 2.05) is 11.3 Å². The van der Waals surface area contributed by atoms with E-state index in [1.54, 1.807) is 0 Å². The second kappa shape index (κ2) is 7.39. The fourth-order valence-corrected chi connectivity index (χ4v) is 3.79. The summed E-state index contributed by atoms with van der Waals surface area (Å²) in [5, 5.41) is 3.55. The first-order valence-corrected chi connectivity index (χ1v) is 8.88. The lowest BCUT2D eigenvalue weighted by atomic mass is 10.0. The van der Waals surface area contributed by atoms with Crippen LogP contribution in [0.4, 0.5) is 0 Å². The topological polar surface area (TPSA) is 12.0 Å². The maximum atomic E-state index is 3.56. The van der Waals surface area contributed by atoms with E-state index in [0.717, 1.165) is 17.4 Å². The Kier molecular flexibility index (Phi) is 5.82. The molecule has 1 unspecified atom stereocenters. The third-order valence-corrected chi connectivity index (χ3v) is 5.26. The van der Waals surface area contributed by atoms with E-state index in [4.69, 9.17) is 0 Å². The molecule has 3 heteroatoms. The summed E-state index contributed by atoms with van der Waals surface area (Å²) in [4.78, 5) is 2.79. The molecule has 0 aliphatic heterocycles. The van der Waals surface area contributed by atoms with Crippen LogP contribution in [0.5, 0.6) is 0 Å². The van der Waals surface area contributed by atoms with Crippen LogP contribution in [-0.4, -0.2) is 6.54 Å². The number of aryl methyl sites for hydroxylation is 1. The van der Waals surface area contributed by atoms with Crippen LogP contribution in [0, 0.1) is 0 Å². The minimum atomic E-state index is 0.439. The van der Waals surface area contributed by atoms with Gasteiger partial charge in [0.1, 0.15) is 0 Å². The SMILES string of the molecule is CCCNC(C)c1ccc(-c2ccc(Br)cc2CC)s1. The van der Waals surface area contributed by atoms with Gasteiger partial charge < -0.3 is 5.32 Å². The van der Waals surface area contributed by atoms with E-state index >= 15 is 0 Å². The van der Waals surface area contributed by atoms with Gasteiger partial charge in [0.05, 0.1) is 0 Å². The minimum Gasteiger partial charge on any atom is -0.309 e. The number of nitrogens with one attached hydrogen (secondary N) is 1. The van der Waals surface area contributed by atoms with Gasteiger partial charge in [0.15, 0.2) is 0 Å². The molecule has 0 spiro atoms. The zero-order chi connectivity index (χ0) is 14.5. The molecule has 0 aliphatic carbocycles. The van der Waals surface area contributed by atoms with Gasteiger partial charge in [0.2, 0.25) is 0 Å². The average molecular weight is 352 g/mol. The maximum Gasteiger partial charge on any atom is 0.0386 e. The van der Waals surface area contributed by atoms with Crippen LogP contribution in [0.2, 0.25) is 0 Å². The average Bonchev–Trinajstić information content (AvgIpc) is 2.94. The largest absolute Gasteiger partial charge is 0.309 e. The van der Waals surface area contributed by atoms with Crippen molar-refractivity contribution in [2.24, 2.45) is 0 Å². The molecule has 2 aromatic rings. The fraction of sp³-hybridized carbons (Fsp3) is 0.412. The van der Waals surface area contributed by atoms with Crippen LogP contribution in [-0.2, 0) is 6.42 Å². The van der Waals surface area contributed by atoms with Crippen LogP contribution >= 0.6 is 27.3 Å². The molecule has 1 nitrogen and oxygen atoms in total. The fourth-order valence-electron chi connectivity index (χ4n) is 2.29. The van der Waals surface area contributed by atoms with Gasteiger partial charge >= 0.3 is 0 Å². The van der Waals surface area contributed by atoms with Crippen molar-refractivity contribution in [1.82, 2.24) is 5.32 Å². The second-order valence-corrected chi connectivity index (χ2v) is 7.06. The van der Waals surface area contributed by atoms with Gasteiger partial charge in [-0.1, -0.05) is 35.8 Å². The lowest BCUT2D eigenvalue weighted by Gasteiger charge is -2.11. The monoisotopic (exact) mass is 351 g/mol. The van der Waals surface area contributed by atoms with Crippen molar-refractivity contribution >= 4 is 27.3 Å². The minimum absolute atomic E-state index is 0.439. The molecule has 2 rings (SSSR count). The molecule has 0 saturated carbocycles. The predicted octanol–water partition coefficient (Wildman–Crippen LogP) is 5.80. The summed E-state index contributed by atoms with van der Waals surface area (Å²) < 4.78 is 1.16.